The Hall–Kier alpha value is -0.780. The van der Waals surface area contributed by atoms with Crippen LogP contribution in [0.5, 0.6) is 0 Å². The average Bonchev–Trinajstić information content (AvgIpc) is 2.46. The summed E-state index contributed by atoms with van der Waals surface area (Å²) in [7, 11) is -7.19. The van der Waals surface area contributed by atoms with E-state index < -0.39 is 19.9 Å². The number of halogens is 1. The molecule has 0 spiro atoms. The minimum Gasteiger partial charge on any atom is -0.374 e. The van der Waals surface area contributed by atoms with E-state index in [1.54, 1.807) is 0 Å². The van der Waals surface area contributed by atoms with Gasteiger partial charge in [-0.05, 0) is 12.1 Å². The second kappa shape index (κ2) is 7.20. The van der Waals surface area contributed by atoms with Crippen LogP contribution in [0.15, 0.2) is 28.3 Å². The first-order valence-electron chi connectivity index (χ1n) is 6.23. The van der Waals surface area contributed by atoms with Crippen molar-refractivity contribution in [3.05, 3.63) is 18.3 Å². The Kier molecular flexibility index (Phi) is 6.30. The van der Waals surface area contributed by atoms with Crippen LogP contribution in [0.4, 0.5) is 0 Å². The highest BCUT2D eigenvalue weighted by molar-refractivity contribution is 7.90. The van der Waals surface area contributed by atoms with Crippen LogP contribution < -0.4 is 5.73 Å². The Morgan fingerprint density at radius 3 is 2.55 bits per heavy atom. The third-order valence-corrected chi connectivity index (χ3v) is 5.94. The number of ether oxygens (including phenoxy) is 1. The Balaban J connectivity index is 0.00000242. The number of sulfonamides is 1. The average molecular weight is 372 g/mol. The van der Waals surface area contributed by atoms with Crippen molar-refractivity contribution in [2.24, 2.45) is 5.73 Å². The zero-order valence-corrected chi connectivity index (χ0v) is 14.3. The molecule has 2 rings (SSSR count). The minimum absolute atomic E-state index is 0. The molecular formula is C11H18ClN3O5S2. The quantitative estimate of drug-likeness (QED) is 0.739. The monoisotopic (exact) mass is 371 g/mol. The van der Waals surface area contributed by atoms with Gasteiger partial charge in [0.2, 0.25) is 10.0 Å². The standard InChI is InChI=1S/C11H17N3O5S2.ClH/c1-20(15,16)11-3-2-10(7-13-11)21(17,18)14-4-5-19-9(6-12)8-14;/h2-3,7,9H,4-6,8,12H2,1H3;1H. The Labute approximate surface area is 136 Å². The number of nitrogens with two attached hydrogens (primary N) is 1. The predicted molar refractivity (Wildman–Crippen MR) is 82.1 cm³/mol. The molecule has 1 saturated heterocycles. The second-order valence-electron chi connectivity index (χ2n) is 4.70. The summed E-state index contributed by atoms with van der Waals surface area (Å²) in [6, 6.07) is 2.43. The highest BCUT2D eigenvalue weighted by Crippen LogP contribution is 2.19. The van der Waals surface area contributed by atoms with E-state index in [2.05, 4.69) is 4.98 Å². The van der Waals surface area contributed by atoms with E-state index in [9.17, 15) is 16.8 Å². The van der Waals surface area contributed by atoms with Gasteiger partial charge in [0.15, 0.2) is 14.9 Å². The molecule has 0 aromatic carbocycles. The normalized spacial score (nSPS) is 20.4. The first-order chi connectivity index (χ1) is 9.75. The van der Waals surface area contributed by atoms with E-state index in [-0.39, 0.29) is 54.7 Å². The predicted octanol–water partition coefficient (Wildman–Crippen LogP) is -0.745. The van der Waals surface area contributed by atoms with Crippen LogP contribution >= 0.6 is 12.4 Å². The van der Waals surface area contributed by atoms with Crippen LogP contribution in [0.2, 0.25) is 0 Å². The first-order valence-corrected chi connectivity index (χ1v) is 9.56. The van der Waals surface area contributed by atoms with Gasteiger partial charge in [0, 0.05) is 32.1 Å². The van der Waals surface area contributed by atoms with E-state index >= 15 is 0 Å². The molecule has 2 heterocycles. The summed E-state index contributed by atoms with van der Waals surface area (Å²) in [5.74, 6) is 0. The molecule has 0 amide bonds. The van der Waals surface area contributed by atoms with Crippen molar-refractivity contribution in [2.75, 3.05) is 32.5 Å². The van der Waals surface area contributed by atoms with E-state index in [0.717, 1.165) is 12.5 Å². The molecule has 1 aliphatic rings. The van der Waals surface area contributed by atoms with Crippen molar-refractivity contribution in [3.63, 3.8) is 0 Å². The SMILES string of the molecule is CS(=O)(=O)c1ccc(S(=O)(=O)N2CCOC(CN)C2)cn1.Cl. The van der Waals surface area contributed by atoms with Crippen LogP contribution in [-0.4, -0.2) is 64.7 Å². The lowest BCUT2D eigenvalue weighted by Gasteiger charge is -2.31. The fraction of sp³-hybridized carbons (Fsp3) is 0.545. The lowest BCUT2D eigenvalue weighted by molar-refractivity contribution is 0.00450. The molecule has 0 bridgehead atoms. The molecule has 126 valence electrons. The van der Waals surface area contributed by atoms with Crippen LogP contribution in [0.1, 0.15) is 0 Å². The van der Waals surface area contributed by atoms with E-state index in [0.29, 0.717) is 0 Å². The summed E-state index contributed by atoms with van der Waals surface area (Å²) in [6.45, 7) is 0.909. The Morgan fingerprint density at radius 1 is 1.36 bits per heavy atom. The molecule has 22 heavy (non-hydrogen) atoms. The molecule has 0 aliphatic carbocycles. The van der Waals surface area contributed by atoms with Gasteiger partial charge < -0.3 is 10.5 Å². The summed E-state index contributed by atoms with van der Waals surface area (Å²) in [5.41, 5.74) is 5.49. The molecule has 1 aromatic rings. The van der Waals surface area contributed by atoms with Crippen molar-refractivity contribution >= 4 is 32.3 Å². The smallest absolute Gasteiger partial charge is 0.244 e. The van der Waals surface area contributed by atoms with Gasteiger partial charge in [-0.25, -0.2) is 21.8 Å². The zero-order chi connectivity index (χ0) is 15.7. The van der Waals surface area contributed by atoms with Crippen molar-refractivity contribution in [2.45, 2.75) is 16.0 Å². The van der Waals surface area contributed by atoms with Crippen molar-refractivity contribution in [3.8, 4) is 0 Å². The van der Waals surface area contributed by atoms with E-state index in [1.165, 1.54) is 16.4 Å². The molecule has 1 atom stereocenters. The number of hydrogen-bond donors (Lipinski definition) is 1. The fourth-order valence-electron chi connectivity index (χ4n) is 1.94. The maximum absolute atomic E-state index is 12.4. The number of hydrogen-bond acceptors (Lipinski definition) is 7. The third-order valence-electron chi connectivity index (χ3n) is 3.09. The maximum atomic E-state index is 12.4. The van der Waals surface area contributed by atoms with Crippen molar-refractivity contribution < 1.29 is 21.6 Å². The van der Waals surface area contributed by atoms with E-state index in [4.69, 9.17) is 10.5 Å². The lowest BCUT2D eigenvalue weighted by Crippen LogP contribution is -2.48. The molecule has 1 unspecified atom stereocenters. The maximum Gasteiger partial charge on any atom is 0.244 e. The third kappa shape index (κ3) is 4.15. The van der Waals surface area contributed by atoms with Crippen molar-refractivity contribution in [1.82, 2.24) is 9.29 Å². The molecule has 11 heteroatoms. The highest BCUT2D eigenvalue weighted by atomic mass is 35.5. The largest absolute Gasteiger partial charge is 0.374 e. The molecule has 1 aromatic heterocycles. The summed E-state index contributed by atoms with van der Waals surface area (Å²) in [4.78, 5) is 3.65. The Morgan fingerprint density at radius 2 is 2.05 bits per heavy atom. The van der Waals surface area contributed by atoms with Gasteiger partial charge in [-0.15, -0.1) is 12.4 Å². The van der Waals surface area contributed by atoms with Gasteiger partial charge in [-0.2, -0.15) is 4.31 Å². The summed E-state index contributed by atoms with van der Waals surface area (Å²) < 4.78 is 54.1. The molecule has 0 radical (unpaired) electrons. The van der Waals surface area contributed by atoms with Gasteiger partial charge in [-0.3, -0.25) is 0 Å². The number of nitrogens with zero attached hydrogens (tertiary/aromatic N) is 2. The first kappa shape index (κ1) is 19.3. The zero-order valence-electron chi connectivity index (χ0n) is 11.9. The number of pyridine rings is 1. The number of morpholine rings is 1. The summed E-state index contributed by atoms with van der Waals surface area (Å²) >= 11 is 0. The lowest BCUT2D eigenvalue weighted by atomic mass is 10.3. The molecule has 8 nitrogen and oxygen atoms in total. The number of sulfone groups is 1. The topological polar surface area (TPSA) is 120 Å². The summed E-state index contributed by atoms with van der Waals surface area (Å²) in [5, 5.41) is -0.164. The molecular weight excluding hydrogens is 354 g/mol. The number of aromatic nitrogens is 1. The molecule has 2 N–H and O–H groups in total. The minimum atomic E-state index is -3.73. The molecule has 1 aliphatic heterocycles. The molecule has 0 saturated carbocycles. The molecule has 1 fully saturated rings. The van der Waals surface area contributed by atoms with Crippen LogP contribution in [0, 0.1) is 0 Å². The van der Waals surface area contributed by atoms with Gasteiger partial charge in [0.1, 0.15) is 4.90 Å². The van der Waals surface area contributed by atoms with Gasteiger partial charge in [-0.1, -0.05) is 0 Å². The van der Waals surface area contributed by atoms with Crippen molar-refractivity contribution in [1.29, 1.82) is 0 Å². The summed E-state index contributed by atoms with van der Waals surface area (Å²) in [6.07, 6.45) is 1.73. The van der Waals surface area contributed by atoms with Gasteiger partial charge >= 0.3 is 0 Å². The van der Waals surface area contributed by atoms with Gasteiger partial charge in [0.05, 0.1) is 12.7 Å². The van der Waals surface area contributed by atoms with E-state index in [1.807, 2.05) is 0 Å². The second-order valence-corrected chi connectivity index (χ2v) is 8.60. The van der Waals surface area contributed by atoms with Crippen LogP contribution in [0.25, 0.3) is 0 Å². The number of rotatable bonds is 4. The fourth-order valence-corrected chi connectivity index (χ4v) is 3.90. The Bertz CT molecular complexity index is 706. The van der Waals surface area contributed by atoms with Crippen LogP contribution in [-0.2, 0) is 24.6 Å². The van der Waals surface area contributed by atoms with Crippen LogP contribution in [0.3, 0.4) is 0 Å². The van der Waals surface area contributed by atoms with Gasteiger partial charge in [0.25, 0.3) is 0 Å². The highest BCUT2D eigenvalue weighted by Gasteiger charge is 2.30.